The molecule has 0 aliphatic carbocycles. The van der Waals surface area contributed by atoms with Crippen LogP contribution in [0.4, 0.5) is 4.79 Å². The molecular formula is C13H25N3O2. The molecule has 1 heterocycles. The molecule has 0 aromatic heterocycles. The average Bonchev–Trinajstić information content (AvgIpc) is 2.37. The Kier molecular flexibility index (Phi) is 6.54. The van der Waals surface area contributed by atoms with Crippen LogP contribution in [0.25, 0.3) is 0 Å². The molecule has 0 aromatic rings. The maximum Gasteiger partial charge on any atom is 0.317 e. The molecule has 1 aliphatic rings. The van der Waals surface area contributed by atoms with Gasteiger partial charge in [0.05, 0.1) is 0 Å². The van der Waals surface area contributed by atoms with Crippen LogP contribution in [-0.2, 0) is 4.79 Å². The zero-order chi connectivity index (χ0) is 13.4. The van der Waals surface area contributed by atoms with E-state index in [1.54, 1.807) is 0 Å². The molecule has 2 N–H and O–H groups in total. The fraction of sp³-hybridized carbons (Fsp3) is 0.846. The summed E-state index contributed by atoms with van der Waals surface area (Å²) >= 11 is 0. The first kappa shape index (κ1) is 14.8. The molecule has 0 saturated carbocycles. The maximum absolute atomic E-state index is 11.8. The van der Waals surface area contributed by atoms with E-state index in [1.165, 1.54) is 0 Å². The van der Waals surface area contributed by atoms with E-state index in [9.17, 15) is 9.59 Å². The first-order valence-corrected chi connectivity index (χ1v) is 6.93. The Morgan fingerprint density at radius 3 is 2.44 bits per heavy atom. The summed E-state index contributed by atoms with van der Waals surface area (Å²) in [6.45, 7) is 7.01. The van der Waals surface area contributed by atoms with E-state index in [4.69, 9.17) is 0 Å². The summed E-state index contributed by atoms with van der Waals surface area (Å²) in [4.78, 5) is 24.9. The standard InChI is InChI=1S/C13H25N3O2/c1-3-7-14-12(17)4-8-15-13(18)16-9-5-11(2)6-10-16/h11H,3-10H2,1-2H3,(H,14,17)(H,15,18). The molecule has 0 bridgehead atoms. The van der Waals surface area contributed by atoms with Crippen molar-refractivity contribution in [3.05, 3.63) is 0 Å². The van der Waals surface area contributed by atoms with Gasteiger partial charge in [-0.05, 0) is 25.2 Å². The minimum Gasteiger partial charge on any atom is -0.356 e. The van der Waals surface area contributed by atoms with E-state index in [0.717, 1.165) is 32.4 Å². The molecule has 0 unspecified atom stereocenters. The van der Waals surface area contributed by atoms with Gasteiger partial charge in [-0.25, -0.2) is 4.79 Å². The Bertz CT molecular complexity index is 273. The third kappa shape index (κ3) is 5.38. The number of hydrogen-bond acceptors (Lipinski definition) is 2. The summed E-state index contributed by atoms with van der Waals surface area (Å²) in [7, 11) is 0. The number of carbonyl (C=O) groups is 2. The Balaban J connectivity index is 2.11. The van der Waals surface area contributed by atoms with Gasteiger partial charge in [-0.3, -0.25) is 4.79 Å². The monoisotopic (exact) mass is 255 g/mol. The summed E-state index contributed by atoms with van der Waals surface area (Å²) < 4.78 is 0. The normalized spacial score (nSPS) is 16.4. The molecule has 0 radical (unpaired) electrons. The van der Waals surface area contributed by atoms with Crippen LogP contribution in [0.3, 0.4) is 0 Å². The lowest BCUT2D eigenvalue weighted by atomic mass is 10.00. The van der Waals surface area contributed by atoms with Gasteiger partial charge in [0.1, 0.15) is 0 Å². The largest absolute Gasteiger partial charge is 0.356 e. The average molecular weight is 255 g/mol. The quantitative estimate of drug-likeness (QED) is 0.779. The van der Waals surface area contributed by atoms with Gasteiger partial charge in [0, 0.05) is 32.6 Å². The fourth-order valence-electron chi connectivity index (χ4n) is 1.96. The highest BCUT2D eigenvalue weighted by atomic mass is 16.2. The SMILES string of the molecule is CCCNC(=O)CCNC(=O)N1CCC(C)CC1. The van der Waals surface area contributed by atoms with Crippen LogP contribution in [0, 0.1) is 5.92 Å². The molecule has 18 heavy (non-hydrogen) atoms. The number of rotatable bonds is 5. The van der Waals surface area contributed by atoms with Crippen molar-refractivity contribution in [2.45, 2.75) is 39.5 Å². The minimum atomic E-state index is -0.0369. The molecule has 104 valence electrons. The molecular weight excluding hydrogens is 230 g/mol. The van der Waals surface area contributed by atoms with Crippen LogP contribution >= 0.6 is 0 Å². The van der Waals surface area contributed by atoms with Crippen LogP contribution in [0.1, 0.15) is 39.5 Å². The predicted molar refractivity (Wildman–Crippen MR) is 71.3 cm³/mol. The number of nitrogens with one attached hydrogen (secondary N) is 2. The number of nitrogens with zero attached hydrogens (tertiary/aromatic N) is 1. The molecule has 0 atom stereocenters. The first-order chi connectivity index (χ1) is 8.63. The molecule has 1 rings (SSSR count). The van der Waals surface area contributed by atoms with Crippen molar-refractivity contribution in [1.29, 1.82) is 0 Å². The summed E-state index contributed by atoms with van der Waals surface area (Å²) in [5.74, 6) is 0.721. The molecule has 3 amide bonds. The summed E-state index contributed by atoms with van der Waals surface area (Å²) in [5.41, 5.74) is 0. The smallest absolute Gasteiger partial charge is 0.317 e. The van der Waals surface area contributed by atoms with E-state index >= 15 is 0 Å². The summed E-state index contributed by atoms with van der Waals surface area (Å²) in [6.07, 6.45) is 3.44. The molecule has 5 nitrogen and oxygen atoms in total. The van der Waals surface area contributed by atoms with Crippen molar-refractivity contribution in [3.63, 3.8) is 0 Å². The molecule has 1 fully saturated rings. The highest BCUT2D eigenvalue weighted by Crippen LogP contribution is 2.15. The molecule has 0 spiro atoms. The van der Waals surface area contributed by atoms with Gasteiger partial charge >= 0.3 is 6.03 Å². The number of carbonyl (C=O) groups excluding carboxylic acids is 2. The van der Waals surface area contributed by atoms with Gasteiger partial charge in [-0.1, -0.05) is 13.8 Å². The second kappa shape index (κ2) is 7.95. The zero-order valence-electron chi connectivity index (χ0n) is 11.5. The van der Waals surface area contributed by atoms with Gasteiger partial charge in [0.25, 0.3) is 0 Å². The highest BCUT2D eigenvalue weighted by molar-refractivity contribution is 5.78. The van der Waals surface area contributed by atoms with Gasteiger partial charge in [-0.15, -0.1) is 0 Å². The second-order valence-electron chi connectivity index (χ2n) is 5.00. The number of piperidine rings is 1. The van der Waals surface area contributed by atoms with Crippen molar-refractivity contribution >= 4 is 11.9 Å². The maximum atomic E-state index is 11.8. The van der Waals surface area contributed by atoms with E-state index in [1.807, 2.05) is 11.8 Å². The van der Waals surface area contributed by atoms with E-state index in [0.29, 0.717) is 25.4 Å². The van der Waals surface area contributed by atoms with Gasteiger partial charge in [-0.2, -0.15) is 0 Å². The number of likely N-dealkylation sites (tertiary alicyclic amines) is 1. The Labute approximate surface area is 109 Å². The predicted octanol–water partition coefficient (Wildman–Crippen LogP) is 1.34. The van der Waals surface area contributed by atoms with Crippen LogP contribution < -0.4 is 10.6 Å². The van der Waals surface area contributed by atoms with Crippen LogP contribution in [0.2, 0.25) is 0 Å². The Hall–Kier alpha value is -1.26. The first-order valence-electron chi connectivity index (χ1n) is 6.93. The minimum absolute atomic E-state index is 0.00409. The van der Waals surface area contributed by atoms with Crippen molar-refractivity contribution < 1.29 is 9.59 Å². The lowest BCUT2D eigenvalue weighted by Crippen LogP contribution is -2.45. The van der Waals surface area contributed by atoms with E-state index in [-0.39, 0.29) is 11.9 Å². The molecule has 1 aliphatic heterocycles. The lowest BCUT2D eigenvalue weighted by molar-refractivity contribution is -0.120. The third-order valence-corrected chi connectivity index (χ3v) is 3.27. The van der Waals surface area contributed by atoms with Gasteiger partial charge in [0.2, 0.25) is 5.91 Å². The van der Waals surface area contributed by atoms with E-state index in [2.05, 4.69) is 17.6 Å². The van der Waals surface area contributed by atoms with Gasteiger partial charge < -0.3 is 15.5 Å². The third-order valence-electron chi connectivity index (χ3n) is 3.27. The Morgan fingerprint density at radius 2 is 1.83 bits per heavy atom. The summed E-state index contributed by atoms with van der Waals surface area (Å²) in [6, 6.07) is -0.0369. The van der Waals surface area contributed by atoms with E-state index < -0.39 is 0 Å². The topological polar surface area (TPSA) is 61.4 Å². The number of hydrogen-bond donors (Lipinski definition) is 2. The zero-order valence-corrected chi connectivity index (χ0v) is 11.5. The second-order valence-corrected chi connectivity index (χ2v) is 5.00. The van der Waals surface area contributed by atoms with Crippen molar-refractivity contribution in [1.82, 2.24) is 15.5 Å². The van der Waals surface area contributed by atoms with Crippen LogP contribution in [0.15, 0.2) is 0 Å². The van der Waals surface area contributed by atoms with Gasteiger partial charge in [0.15, 0.2) is 0 Å². The Morgan fingerprint density at radius 1 is 1.17 bits per heavy atom. The molecule has 1 saturated heterocycles. The van der Waals surface area contributed by atoms with Crippen LogP contribution in [-0.4, -0.2) is 43.0 Å². The number of urea groups is 1. The lowest BCUT2D eigenvalue weighted by Gasteiger charge is -2.30. The molecule has 5 heteroatoms. The van der Waals surface area contributed by atoms with Crippen LogP contribution in [0.5, 0.6) is 0 Å². The van der Waals surface area contributed by atoms with Crippen molar-refractivity contribution in [2.24, 2.45) is 5.92 Å². The van der Waals surface area contributed by atoms with Crippen molar-refractivity contribution in [3.8, 4) is 0 Å². The van der Waals surface area contributed by atoms with Crippen molar-refractivity contribution in [2.75, 3.05) is 26.2 Å². The number of amides is 3. The fourth-order valence-corrected chi connectivity index (χ4v) is 1.96. The summed E-state index contributed by atoms with van der Waals surface area (Å²) in [5, 5.41) is 5.59. The highest BCUT2D eigenvalue weighted by Gasteiger charge is 2.19. The molecule has 0 aromatic carbocycles.